The van der Waals surface area contributed by atoms with Crippen molar-refractivity contribution in [3.05, 3.63) is 0 Å². The smallest absolute Gasteiger partial charge is 0.407 e. The molecule has 0 aromatic heterocycles. The van der Waals surface area contributed by atoms with Crippen molar-refractivity contribution < 1.29 is 14.7 Å². The molecule has 2 fully saturated rings. The maximum atomic E-state index is 12.0. The highest BCUT2D eigenvalue weighted by atomic mass is 16.4. The Hall–Kier alpha value is -1.26. The van der Waals surface area contributed by atoms with Gasteiger partial charge in [-0.15, -0.1) is 0 Å². The average molecular weight is 240 g/mol. The van der Waals surface area contributed by atoms with E-state index in [2.05, 4.69) is 0 Å². The largest absolute Gasteiger partial charge is 0.465 e. The second kappa shape index (κ2) is 5.38. The molecule has 2 saturated heterocycles. The lowest BCUT2D eigenvalue weighted by Gasteiger charge is -2.37. The van der Waals surface area contributed by atoms with E-state index >= 15 is 0 Å². The van der Waals surface area contributed by atoms with Crippen LogP contribution in [-0.2, 0) is 4.79 Å². The van der Waals surface area contributed by atoms with Gasteiger partial charge in [-0.05, 0) is 25.7 Å². The minimum absolute atomic E-state index is 0.102. The molecule has 0 bridgehead atoms. The molecule has 0 aliphatic carbocycles. The van der Waals surface area contributed by atoms with Crippen LogP contribution in [0.1, 0.15) is 38.5 Å². The van der Waals surface area contributed by atoms with Crippen LogP contribution in [0.4, 0.5) is 4.79 Å². The third kappa shape index (κ3) is 2.90. The maximum absolute atomic E-state index is 12.0. The summed E-state index contributed by atoms with van der Waals surface area (Å²) in [6.07, 6.45) is 4.70. The molecule has 2 rings (SSSR count). The molecule has 0 spiro atoms. The van der Waals surface area contributed by atoms with Gasteiger partial charge in [-0.25, -0.2) is 4.79 Å². The third-order valence-electron chi connectivity index (χ3n) is 3.72. The van der Waals surface area contributed by atoms with Crippen LogP contribution in [0.3, 0.4) is 0 Å². The molecule has 2 aliphatic heterocycles. The van der Waals surface area contributed by atoms with E-state index in [4.69, 9.17) is 5.11 Å². The number of carboxylic acid groups (broad SMARTS) is 1. The predicted molar refractivity (Wildman–Crippen MR) is 62.8 cm³/mol. The average Bonchev–Trinajstić information content (AvgIpc) is 2.54. The number of rotatable bonds is 1. The third-order valence-corrected chi connectivity index (χ3v) is 3.72. The number of likely N-dealkylation sites (tertiary alicyclic amines) is 2. The highest BCUT2D eigenvalue weighted by Gasteiger charge is 2.30. The van der Waals surface area contributed by atoms with Crippen molar-refractivity contribution in [1.29, 1.82) is 0 Å². The van der Waals surface area contributed by atoms with Gasteiger partial charge in [0.05, 0.1) is 0 Å². The summed E-state index contributed by atoms with van der Waals surface area (Å²) in [5.74, 6) is 0.208. The number of hydrogen-bond donors (Lipinski definition) is 1. The molecule has 0 aromatic rings. The molecule has 0 unspecified atom stereocenters. The molecular formula is C12H20N2O3. The second-order valence-corrected chi connectivity index (χ2v) is 4.92. The normalized spacial score (nSPS) is 26.8. The zero-order chi connectivity index (χ0) is 12.3. The Morgan fingerprint density at radius 3 is 2.76 bits per heavy atom. The zero-order valence-corrected chi connectivity index (χ0v) is 10.1. The van der Waals surface area contributed by atoms with Crippen molar-refractivity contribution in [2.75, 3.05) is 19.6 Å². The van der Waals surface area contributed by atoms with Crippen LogP contribution in [0.25, 0.3) is 0 Å². The van der Waals surface area contributed by atoms with E-state index in [0.717, 1.165) is 38.6 Å². The number of carbonyl (C=O) groups excluding carboxylic acids is 1. The van der Waals surface area contributed by atoms with Crippen molar-refractivity contribution in [1.82, 2.24) is 9.80 Å². The molecule has 0 saturated carbocycles. The fourth-order valence-electron chi connectivity index (χ4n) is 2.77. The topological polar surface area (TPSA) is 60.9 Å². The molecule has 2 heterocycles. The first-order chi connectivity index (χ1) is 8.18. The molecule has 17 heavy (non-hydrogen) atoms. The number of amides is 2. The van der Waals surface area contributed by atoms with Gasteiger partial charge < -0.3 is 14.9 Å². The lowest BCUT2D eigenvalue weighted by Crippen LogP contribution is -2.51. The van der Waals surface area contributed by atoms with Crippen LogP contribution in [0.5, 0.6) is 0 Å². The summed E-state index contributed by atoms with van der Waals surface area (Å²) >= 11 is 0. The summed E-state index contributed by atoms with van der Waals surface area (Å²) < 4.78 is 0. The number of hydrogen-bond acceptors (Lipinski definition) is 2. The second-order valence-electron chi connectivity index (χ2n) is 4.92. The highest BCUT2D eigenvalue weighted by Crippen LogP contribution is 2.20. The van der Waals surface area contributed by atoms with Crippen molar-refractivity contribution in [3.63, 3.8) is 0 Å². The van der Waals surface area contributed by atoms with Crippen molar-refractivity contribution >= 4 is 12.0 Å². The predicted octanol–water partition coefficient (Wildman–Crippen LogP) is 1.53. The fourth-order valence-corrected chi connectivity index (χ4v) is 2.77. The summed E-state index contributed by atoms with van der Waals surface area (Å²) in [4.78, 5) is 26.3. The van der Waals surface area contributed by atoms with E-state index < -0.39 is 6.09 Å². The van der Waals surface area contributed by atoms with Gasteiger partial charge in [0, 0.05) is 32.1 Å². The van der Waals surface area contributed by atoms with E-state index in [1.807, 2.05) is 4.90 Å². The first-order valence-electron chi connectivity index (χ1n) is 6.46. The number of piperidine rings is 1. The molecule has 0 radical (unpaired) electrons. The zero-order valence-electron chi connectivity index (χ0n) is 10.1. The van der Waals surface area contributed by atoms with E-state index in [-0.39, 0.29) is 11.9 Å². The number of nitrogens with zero attached hydrogens (tertiary/aromatic N) is 2. The first-order valence-corrected chi connectivity index (χ1v) is 6.46. The van der Waals surface area contributed by atoms with Crippen LogP contribution in [-0.4, -0.2) is 52.6 Å². The Bertz CT molecular complexity index is 306. The van der Waals surface area contributed by atoms with Gasteiger partial charge in [-0.1, -0.05) is 6.42 Å². The Kier molecular flexibility index (Phi) is 3.86. The molecule has 2 aliphatic rings. The van der Waals surface area contributed by atoms with Gasteiger partial charge in [-0.2, -0.15) is 0 Å². The van der Waals surface area contributed by atoms with Crippen LogP contribution in [0.2, 0.25) is 0 Å². The lowest BCUT2D eigenvalue weighted by atomic mass is 10.0. The SMILES string of the molecule is O=C(O)N1CCC[C@@H](N2CCCCCC2=O)C1. The molecular weight excluding hydrogens is 220 g/mol. The maximum Gasteiger partial charge on any atom is 0.407 e. The fraction of sp³-hybridized carbons (Fsp3) is 0.833. The Morgan fingerprint density at radius 2 is 2.00 bits per heavy atom. The lowest BCUT2D eigenvalue weighted by molar-refractivity contribution is -0.134. The molecule has 1 atom stereocenters. The molecule has 0 aromatic carbocycles. The van der Waals surface area contributed by atoms with Crippen LogP contribution >= 0.6 is 0 Å². The first kappa shape index (κ1) is 12.2. The van der Waals surface area contributed by atoms with E-state index in [1.165, 1.54) is 4.90 Å². The quantitative estimate of drug-likeness (QED) is 0.756. The van der Waals surface area contributed by atoms with Gasteiger partial charge in [0.15, 0.2) is 0 Å². The molecule has 96 valence electrons. The number of carbonyl (C=O) groups is 2. The highest BCUT2D eigenvalue weighted by molar-refractivity contribution is 5.77. The van der Waals surface area contributed by atoms with Gasteiger partial charge >= 0.3 is 6.09 Å². The molecule has 5 heteroatoms. The minimum Gasteiger partial charge on any atom is -0.465 e. The van der Waals surface area contributed by atoms with Gasteiger partial charge in [0.25, 0.3) is 0 Å². The van der Waals surface area contributed by atoms with Crippen LogP contribution in [0.15, 0.2) is 0 Å². The Labute approximate surface area is 101 Å². The molecule has 5 nitrogen and oxygen atoms in total. The summed E-state index contributed by atoms with van der Waals surface area (Å²) in [6, 6.07) is 0.102. The summed E-state index contributed by atoms with van der Waals surface area (Å²) in [5.41, 5.74) is 0. The minimum atomic E-state index is -0.864. The Balaban J connectivity index is 1.99. The Morgan fingerprint density at radius 1 is 1.18 bits per heavy atom. The van der Waals surface area contributed by atoms with E-state index in [1.54, 1.807) is 0 Å². The van der Waals surface area contributed by atoms with E-state index in [9.17, 15) is 9.59 Å². The molecule has 2 amide bonds. The van der Waals surface area contributed by atoms with E-state index in [0.29, 0.717) is 19.5 Å². The van der Waals surface area contributed by atoms with Gasteiger partial charge in [0.1, 0.15) is 0 Å². The summed E-state index contributed by atoms with van der Waals surface area (Å²) in [5, 5.41) is 9.00. The van der Waals surface area contributed by atoms with Crippen LogP contribution in [0, 0.1) is 0 Å². The van der Waals surface area contributed by atoms with Crippen molar-refractivity contribution in [3.8, 4) is 0 Å². The standard InChI is InChI=1S/C12H20N2O3/c15-11-6-2-1-3-8-14(11)10-5-4-7-13(9-10)12(16)17/h10H,1-9H2,(H,16,17)/t10-/m1/s1. The van der Waals surface area contributed by atoms with Crippen LogP contribution < -0.4 is 0 Å². The van der Waals surface area contributed by atoms with Crippen molar-refractivity contribution in [2.24, 2.45) is 0 Å². The summed E-state index contributed by atoms with van der Waals surface area (Å²) in [7, 11) is 0. The summed E-state index contributed by atoms with van der Waals surface area (Å²) in [6.45, 7) is 1.89. The monoisotopic (exact) mass is 240 g/mol. The van der Waals surface area contributed by atoms with Gasteiger partial charge in [0.2, 0.25) is 5.91 Å². The van der Waals surface area contributed by atoms with Crippen molar-refractivity contribution in [2.45, 2.75) is 44.6 Å². The molecule has 1 N–H and O–H groups in total. The van der Waals surface area contributed by atoms with Gasteiger partial charge in [-0.3, -0.25) is 4.79 Å².